The molecule has 146 valence electrons. The van der Waals surface area contributed by atoms with Gasteiger partial charge in [-0.2, -0.15) is 5.10 Å². The van der Waals surface area contributed by atoms with Gasteiger partial charge in [0, 0.05) is 12.1 Å². The van der Waals surface area contributed by atoms with Crippen molar-refractivity contribution < 1.29 is 4.79 Å². The topological polar surface area (TPSA) is 88.2 Å². The number of nitrogens with one attached hydrogen (secondary N) is 2. The van der Waals surface area contributed by atoms with Crippen molar-refractivity contribution >= 4 is 17.5 Å². The number of nitrogens with two attached hydrogens (primary N) is 1. The maximum Gasteiger partial charge on any atom is 0.319 e. The van der Waals surface area contributed by atoms with Crippen molar-refractivity contribution in [3.05, 3.63) is 60.7 Å². The second-order valence-corrected chi connectivity index (χ2v) is 6.76. The third-order valence-corrected chi connectivity index (χ3v) is 4.28. The Bertz CT molecular complexity index is 905. The molecule has 0 atom stereocenters. The highest BCUT2D eigenvalue weighted by Crippen LogP contribution is 2.33. The number of urea groups is 1. The van der Waals surface area contributed by atoms with Gasteiger partial charge in [0.2, 0.25) is 0 Å². The van der Waals surface area contributed by atoms with Crippen LogP contribution in [0.4, 0.5) is 16.3 Å². The molecule has 0 bridgehead atoms. The van der Waals surface area contributed by atoms with E-state index in [9.17, 15) is 4.79 Å². The van der Waals surface area contributed by atoms with Gasteiger partial charge >= 0.3 is 6.03 Å². The van der Waals surface area contributed by atoms with Crippen LogP contribution in [0.2, 0.25) is 0 Å². The normalized spacial score (nSPS) is 10.8. The number of anilines is 2. The average Bonchev–Trinajstić information content (AvgIpc) is 3.03. The SMILES string of the molecule is CN(C)CCCNC(=O)Nc1c(-c2ccccc2)nn(-c2ccccc2)c1N. The summed E-state index contributed by atoms with van der Waals surface area (Å²) in [4.78, 5) is 14.5. The van der Waals surface area contributed by atoms with Crippen LogP contribution in [0, 0.1) is 0 Å². The summed E-state index contributed by atoms with van der Waals surface area (Å²) < 4.78 is 1.64. The highest BCUT2D eigenvalue weighted by molar-refractivity contribution is 5.97. The Hall–Kier alpha value is -3.32. The summed E-state index contributed by atoms with van der Waals surface area (Å²) in [5.41, 5.74) is 9.21. The number of amides is 2. The number of carbonyl (C=O) groups is 1. The quantitative estimate of drug-likeness (QED) is 0.551. The molecule has 0 unspecified atom stereocenters. The number of aromatic nitrogens is 2. The first-order valence-corrected chi connectivity index (χ1v) is 9.25. The predicted molar refractivity (Wildman–Crippen MR) is 114 cm³/mol. The first-order valence-electron chi connectivity index (χ1n) is 9.25. The zero-order valence-electron chi connectivity index (χ0n) is 16.2. The molecule has 0 saturated carbocycles. The lowest BCUT2D eigenvalue weighted by Gasteiger charge is -2.11. The summed E-state index contributed by atoms with van der Waals surface area (Å²) in [6, 6.07) is 19.0. The van der Waals surface area contributed by atoms with Crippen LogP contribution in [-0.2, 0) is 0 Å². The van der Waals surface area contributed by atoms with Gasteiger partial charge in [-0.05, 0) is 39.2 Å². The Kier molecular flexibility index (Phi) is 6.29. The fraction of sp³-hybridized carbons (Fsp3) is 0.238. The van der Waals surface area contributed by atoms with Crippen molar-refractivity contribution in [1.82, 2.24) is 20.0 Å². The van der Waals surface area contributed by atoms with Gasteiger partial charge in [-0.1, -0.05) is 48.5 Å². The Morgan fingerprint density at radius 1 is 1.07 bits per heavy atom. The highest BCUT2D eigenvalue weighted by atomic mass is 16.2. The Morgan fingerprint density at radius 3 is 2.36 bits per heavy atom. The molecule has 0 fully saturated rings. The molecule has 0 spiro atoms. The van der Waals surface area contributed by atoms with E-state index >= 15 is 0 Å². The van der Waals surface area contributed by atoms with E-state index in [1.54, 1.807) is 4.68 Å². The van der Waals surface area contributed by atoms with Crippen LogP contribution in [0.1, 0.15) is 6.42 Å². The van der Waals surface area contributed by atoms with Crippen LogP contribution in [-0.4, -0.2) is 47.9 Å². The van der Waals surface area contributed by atoms with E-state index in [1.165, 1.54) is 0 Å². The Balaban J connectivity index is 1.86. The lowest BCUT2D eigenvalue weighted by molar-refractivity contribution is 0.251. The van der Waals surface area contributed by atoms with Gasteiger partial charge in [0.05, 0.1) is 5.69 Å². The number of carbonyl (C=O) groups excluding carboxylic acids is 1. The molecule has 2 amide bonds. The third kappa shape index (κ3) is 4.69. The van der Waals surface area contributed by atoms with Crippen LogP contribution in [0.5, 0.6) is 0 Å². The van der Waals surface area contributed by atoms with E-state index in [-0.39, 0.29) is 6.03 Å². The van der Waals surface area contributed by atoms with Gasteiger partial charge in [0.25, 0.3) is 0 Å². The summed E-state index contributed by atoms with van der Waals surface area (Å²) in [5.74, 6) is 0.383. The molecule has 28 heavy (non-hydrogen) atoms. The Morgan fingerprint density at radius 2 is 1.71 bits per heavy atom. The van der Waals surface area contributed by atoms with E-state index < -0.39 is 0 Å². The van der Waals surface area contributed by atoms with Crippen LogP contribution >= 0.6 is 0 Å². The summed E-state index contributed by atoms with van der Waals surface area (Å²) in [7, 11) is 4.01. The third-order valence-electron chi connectivity index (χ3n) is 4.28. The molecule has 0 aliphatic carbocycles. The van der Waals surface area contributed by atoms with Crippen molar-refractivity contribution in [3.63, 3.8) is 0 Å². The second kappa shape index (κ2) is 9.05. The number of hydrogen-bond acceptors (Lipinski definition) is 4. The average molecular weight is 378 g/mol. The summed E-state index contributed by atoms with van der Waals surface area (Å²) in [5, 5.41) is 10.4. The number of rotatable bonds is 7. The summed E-state index contributed by atoms with van der Waals surface area (Å²) in [6.07, 6.45) is 0.866. The molecule has 2 aromatic carbocycles. The van der Waals surface area contributed by atoms with Crippen LogP contribution in [0.3, 0.4) is 0 Å². The van der Waals surface area contributed by atoms with Crippen LogP contribution < -0.4 is 16.4 Å². The van der Waals surface area contributed by atoms with E-state index in [1.807, 2.05) is 74.8 Å². The summed E-state index contributed by atoms with van der Waals surface area (Å²) in [6.45, 7) is 1.49. The fourth-order valence-electron chi connectivity index (χ4n) is 2.87. The minimum absolute atomic E-state index is 0.296. The second-order valence-electron chi connectivity index (χ2n) is 6.76. The molecular formula is C21H26N6O. The molecular weight excluding hydrogens is 352 g/mol. The number of para-hydroxylation sites is 1. The van der Waals surface area contributed by atoms with E-state index in [0.29, 0.717) is 23.7 Å². The number of hydrogen-bond donors (Lipinski definition) is 3. The fourth-order valence-corrected chi connectivity index (χ4v) is 2.87. The molecule has 0 saturated heterocycles. The van der Waals surface area contributed by atoms with Crippen molar-refractivity contribution in [2.24, 2.45) is 0 Å². The number of nitrogens with zero attached hydrogens (tertiary/aromatic N) is 3. The standard InChI is InChI=1S/C21H26N6O/c1-26(2)15-9-14-23-21(28)24-19-18(16-10-5-3-6-11-16)25-27(20(19)22)17-12-7-4-8-13-17/h3-8,10-13H,9,14-15,22H2,1-2H3,(H2,23,24,28). The maximum absolute atomic E-state index is 12.4. The van der Waals surface area contributed by atoms with E-state index in [0.717, 1.165) is 24.2 Å². The molecule has 3 rings (SSSR count). The molecule has 0 aliphatic heterocycles. The predicted octanol–water partition coefficient (Wildman–Crippen LogP) is 3.19. The van der Waals surface area contributed by atoms with Gasteiger partial charge in [-0.25, -0.2) is 9.48 Å². The molecule has 0 radical (unpaired) electrons. The first kappa shape index (κ1) is 19.4. The monoisotopic (exact) mass is 378 g/mol. The van der Waals surface area contributed by atoms with E-state index in [4.69, 9.17) is 5.73 Å². The number of benzene rings is 2. The van der Waals surface area contributed by atoms with Crippen molar-refractivity contribution in [1.29, 1.82) is 0 Å². The van der Waals surface area contributed by atoms with Gasteiger partial charge in [-0.15, -0.1) is 0 Å². The molecule has 1 heterocycles. The smallest absolute Gasteiger partial charge is 0.319 e. The summed E-state index contributed by atoms with van der Waals surface area (Å²) >= 11 is 0. The van der Waals surface area contributed by atoms with Gasteiger partial charge in [0.15, 0.2) is 5.82 Å². The number of nitrogen functional groups attached to an aromatic ring is 1. The minimum atomic E-state index is -0.296. The maximum atomic E-state index is 12.4. The van der Waals surface area contributed by atoms with Crippen molar-refractivity contribution in [2.45, 2.75) is 6.42 Å². The lowest BCUT2D eigenvalue weighted by atomic mass is 10.1. The largest absolute Gasteiger partial charge is 0.382 e. The zero-order valence-corrected chi connectivity index (χ0v) is 16.2. The van der Waals surface area contributed by atoms with Gasteiger partial charge < -0.3 is 21.3 Å². The van der Waals surface area contributed by atoms with Crippen LogP contribution in [0.15, 0.2) is 60.7 Å². The molecule has 4 N–H and O–H groups in total. The molecule has 0 aliphatic rings. The van der Waals surface area contributed by atoms with Crippen molar-refractivity contribution in [3.8, 4) is 16.9 Å². The molecule has 3 aromatic rings. The van der Waals surface area contributed by atoms with Crippen LogP contribution in [0.25, 0.3) is 16.9 Å². The van der Waals surface area contributed by atoms with Crippen molar-refractivity contribution in [2.75, 3.05) is 38.2 Å². The molecule has 1 aromatic heterocycles. The highest BCUT2D eigenvalue weighted by Gasteiger charge is 2.20. The lowest BCUT2D eigenvalue weighted by Crippen LogP contribution is -2.31. The van der Waals surface area contributed by atoms with Gasteiger partial charge in [0.1, 0.15) is 11.4 Å². The van der Waals surface area contributed by atoms with Gasteiger partial charge in [-0.3, -0.25) is 0 Å². The molecule has 7 heteroatoms. The zero-order chi connectivity index (χ0) is 19.9. The minimum Gasteiger partial charge on any atom is -0.382 e. The first-order chi connectivity index (χ1) is 13.6. The van der Waals surface area contributed by atoms with E-state index in [2.05, 4.69) is 20.6 Å². The Labute approximate surface area is 165 Å². The molecule has 7 nitrogen and oxygen atoms in total.